The minimum Gasteiger partial charge on any atom is -0.484 e. The van der Waals surface area contributed by atoms with Crippen LogP contribution in [0.25, 0.3) is 0 Å². The summed E-state index contributed by atoms with van der Waals surface area (Å²) >= 11 is 0. The highest BCUT2D eigenvalue weighted by molar-refractivity contribution is 7.93. The summed E-state index contributed by atoms with van der Waals surface area (Å²) in [6, 6.07) is 5.15. The van der Waals surface area contributed by atoms with E-state index in [1.165, 1.54) is 45.0 Å². The summed E-state index contributed by atoms with van der Waals surface area (Å²) in [7, 11) is -3.61. The van der Waals surface area contributed by atoms with Crippen molar-refractivity contribution < 1.29 is 31.1 Å². The Bertz CT molecular complexity index is 646. The largest absolute Gasteiger partial charge is 0.484 e. The average molecular weight is 353 g/mol. The molecule has 23 heavy (non-hydrogen) atoms. The normalized spacial score (nSPS) is 12.8. The maximum atomic E-state index is 12.0. The first-order chi connectivity index (χ1) is 10.3. The van der Waals surface area contributed by atoms with Gasteiger partial charge in [0.25, 0.3) is 0 Å². The van der Waals surface area contributed by atoms with Gasteiger partial charge in [-0.25, -0.2) is 8.42 Å². The number of benzene rings is 1. The standard InChI is InChI=1S/C14H18F3NO4S/c1-13(2,3)23(20,21)8-12(19)18-10-4-6-11(7-5-10)22-9-14(15,16)17/h4-7H,8-9H2,1-3H3,(H,18,19). The highest BCUT2D eigenvalue weighted by atomic mass is 32.2. The predicted molar refractivity (Wildman–Crippen MR) is 80.2 cm³/mol. The molecule has 0 aliphatic carbocycles. The average Bonchev–Trinajstić information content (AvgIpc) is 2.35. The highest BCUT2D eigenvalue weighted by Crippen LogP contribution is 2.21. The van der Waals surface area contributed by atoms with Crippen molar-refractivity contribution in [2.24, 2.45) is 0 Å². The van der Waals surface area contributed by atoms with Gasteiger partial charge in [0.1, 0.15) is 11.5 Å². The fourth-order valence-electron chi connectivity index (χ4n) is 1.39. The molecule has 0 atom stereocenters. The van der Waals surface area contributed by atoms with Crippen molar-refractivity contribution in [3.05, 3.63) is 24.3 Å². The van der Waals surface area contributed by atoms with Crippen molar-refractivity contribution in [2.75, 3.05) is 17.7 Å². The van der Waals surface area contributed by atoms with Gasteiger partial charge in [-0.1, -0.05) is 0 Å². The smallest absolute Gasteiger partial charge is 0.422 e. The van der Waals surface area contributed by atoms with Gasteiger partial charge < -0.3 is 10.1 Å². The Kier molecular flexibility index (Phi) is 5.68. The van der Waals surface area contributed by atoms with Gasteiger partial charge in [0.15, 0.2) is 16.4 Å². The molecule has 1 rings (SSSR count). The van der Waals surface area contributed by atoms with Gasteiger partial charge >= 0.3 is 6.18 Å². The van der Waals surface area contributed by atoms with Crippen LogP contribution in [0.4, 0.5) is 18.9 Å². The Morgan fingerprint density at radius 3 is 2.09 bits per heavy atom. The number of ether oxygens (including phenoxy) is 1. The molecular weight excluding hydrogens is 335 g/mol. The van der Waals surface area contributed by atoms with E-state index in [2.05, 4.69) is 10.1 Å². The van der Waals surface area contributed by atoms with Crippen LogP contribution < -0.4 is 10.1 Å². The van der Waals surface area contributed by atoms with Gasteiger partial charge in [0.2, 0.25) is 5.91 Å². The molecule has 0 spiro atoms. The number of hydrogen-bond donors (Lipinski definition) is 1. The summed E-state index contributed by atoms with van der Waals surface area (Å²) in [6.45, 7) is 3.05. The first kappa shape index (κ1) is 19.3. The molecule has 0 heterocycles. The maximum absolute atomic E-state index is 12.0. The Morgan fingerprint density at radius 1 is 1.13 bits per heavy atom. The van der Waals surface area contributed by atoms with Crippen LogP contribution in [0.15, 0.2) is 24.3 Å². The van der Waals surface area contributed by atoms with Crippen LogP contribution in [-0.4, -0.2) is 37.6 Å². The van der Waals surface area contributed by atoms with E-state index in [0.717, 1.165) is 0 Å². The second-order valence-electron chi connectivity index (χ2n) is 5.85. The third-order valence-electron chi connectivity index (χ3n) is 2.79. The van der Waals surface area contributed by atoms with E-state index in [1.54, 1.807) is 0 Å². The predicted octanol–water partition coefficient (Wildman–Crippen LogP) is 2.78. The van der Waals surface area contributed by atoms with Crippen molar-refractivity contribution in [1.82, 2.24) is 0 Å². The number of rotatable bonds is 5. The zero-order valence-electron chi connectivity index (χ0n) is 12.9. The lowest BCUT2D eigenvalue weighted by atomic mass is 10.3. The van der Waals surface area contributed by atoms with Crippen LogP contribution in [0, 0.1) is 0 Å². The third-order valence-corrected chi connectivity index (χ3v) is 5.30. The summed E-state index contributed by atoms with van der Waals surface area (Å²) in [6.07, 6.45) is -4.44. The molecule has 0 radical (unpaired) electrons. The van der Waals surface area contributed by atoms with Crippen LogP contribution in [0.5, 0.6) is 5.75 Å². The number of amides is 1. The first-order valence-electron chi connectivity index (χ1n) is 6.62. The topological polar surface area (TPSA) is 72.5 Å². The van der Waals surface area contributed by atoms with Crippen molar-refractivity contribution in [2.45, 2.75) is 31.7 Å². The third kappa shape index (κ3) is 6.47. The molecule has 1 aromatic rings. The molecule has 0 aliphatic rings. The summed E-state index contributed by atoms with van der Waals surface area (Å²) in [4.78, 5) is 11.7. The lowest BCUT2D eigenvalue weighted by Gasteiger charge is -2.18. The summed E-state index contributed by atoms with van der Waals surface area (Å²) in [5.74, 6) is -1.41. The number of carbonyl (C=O) groups excluding carboxylic acids is 1. The van der Waals surface area contributed by atoms with Crippen LogP contribution >= 0.6 is 0 Å². The number of nitrogens with one attached hydrogen (secondary N) is 1. The van der Waals surface area contributed by atoms with Gasteiger partial charge in [-0.3, -0.25) is 4.79 Å². The van der Waals surface area contributed by atoms with E-state index in [1.807, 2.05) is 0 Å². The molecule has 5 nitrogen and oxygen atoms in total. The molecule has 0 fully saturated rings. The second kappa shape index (κ2) is 6.77. The van der Waals surface area contributed by atoms with Crippen LogP contribution in [0.3, 0.4) is 0 Å². The molecule has 1 aromatic carbocycles. The number of halogens is 3. The van der Waals surface area contributed by atoms with E-state index in [0.29, 0.717) is 0 Å². The molecular formula is C14H18F3NO4S. The van der Waals surface area contributed by atoms with Crippen LogP contribution in [0.1, 0.15) is 20.8 Å². The lowest BCUT2D eigenvalue weighted by Crippen LogP contribution is -2.35. The van der Waals surface area contributed by atoms with Crippen molar-refractivity contribution in [1.29, 1.82) is 0 Å². The SMILES string of the molecule is CC(C)(C)S(=O)(=O)CC(=O)Nc1ccc(OCC(F)(F)F)cc1. The molecule has 9 heteroatoms. The molecule has 1 amide bonds. The number of hydrogen-bond acceptors (Lipinski definition) is 4. The summed E-state index contributed by atoms with van der Waals surface area (Å²) in [5.41, 5.74) is 0.262. The van der Waals surface area contributed by atoms with E-state index in [-0.39, 0.29) is 11.4 Å². The Morgan fingerprint density at radius 2 is 1.65 bits per heavy atom. The molecule has 0 saturated heterocycles. The van der Waals surface area contributed by atoms with E-state index < -0.39 is 39.0 Å². The van der Waals surface area contributed by atoms with E-state index in [9.17, 15) is 26.4 Å². The van der Waals surface area contributed by atoms with Gasteiger partial charge in [0.05, 0.1) is 4.75 Å². The lowest BCUT2D eigenvalue weighted by molar-refractivity contribution is -0.153. The summed E-state index contributed by atoms with van der Waals surface area (Å²) < 4.78 is 63.3. The van der Waals surface area contributed by atoms with E-state index in [4.69, 9.17) is 0 Å². The van der Waals surface area contributed by atoms with E-state index >= 15 is 0 Å². The van der Waals surface area contributed by atoms with Crippen LogP contribution in [0.2, 0.25) is 0 Å². The van der Waals surface area contributed by atoms with Gasteiger partial charge in [-0.2, -0.15) is 13.2 Å². The highest BCUT2D eigenvalue weighted by Gasteiger charge is 2.31. The second-order valence-corrected chi connectivity index (χ2v) is 8.59. The minimum absolute atomic E-state index is 0.0114. The van der Waals surface area contributed by atoms with Gasteiger partial charge in [-0.05, 0) is 45.0 Å². The Hall–Kier alpha value is -1.77. The fourth-order valence-corrected chi connectivity index (χ4v) is 2.24. The number of sulfone groups is 1. The van der Waals surface area contributed by atoms with Crippen LogP contribution in [-0.2, 0) is 14.6 Å². The minimum atomic E-state index is -4.44. The van der Waals surface area contributed by atoms with Crippen molar-refractivity contribution in [3.8, 4) is 5.75 Å². The molecule has 0 aliphatic heterocycles. The van der Waals surface area contributed by atoms with Gasteiger partial charge in [0, 0.05) is 5.69 Å². The number of alkyl halides is 3. The van der Waals surface area contributed by atoms with Crippen molar-refractivity contribution >= 4 is 21.4 Å². The zero-order valence-corrected chi connectivity index (χ0v) is 13.7. The number of carbonyl (C=O) groups is 1. The van der Waals surface area contributed by atoms with Crippen molar-refractivity contribution in [3.63, 3.8) is 0 Å². The maximum Gasteiger partial charge on any atom is 0.422 e. The molecule has 1 N–H and O–H groups in total. The zero-order chi connectivity index (χ0) is 17.9. The van der Waals surface area contributed by atoms with Gasteiger partial charge in [-0.15, -0.1) is 0 Å². The summed E-state index contributed by atoms with van der Waals surface area (Å²) in [5, 5.41) is 2.37. The molecule has 0 aromatic heterocycles. The molecule has 0 bridgehead atoms. The molecule has 0 saturated carbocycles. The number of anilines is 1. The molecule has 0 unspecified atom stereocenters. The fraction of sp³-hybridized carbons (Fsp3) is 0.500. The Balaban J connectivity index is 2.64. The first-order valence-corrected chi connectivity index (χ1v) is 8.27. The monoisotopic (exact) mass is 353 g/mol. The molecule has 130 valence electrons. The quantitative estimate of drug-likeness (QED) is 0.883. The Labute approximate surface area is 132 Å².